The fraction of sp³-hybridized carbons (Fsp3) is 0.417. The molecule has 0 aliphatic rings. The smallest absolute Gasteiger partial charge is 0.164 e. The number of carbonyl (C=O) groups excluding carboxylic acids is 1. The average molecular weight is 226 g/mol. The lowest BCUT2D eigenvalue weighted by Gasteiger charge is -2.08. The van der Waals surface area contributed by atoms with Gasteiger partial charge in [0.05, 0.1) is 0 Å². The lowest BCUT2D eigenvalue weighted by molar-refractivity contribution is 0.0973. The molecular weight excluding hydrogens is 210 g/mol. The monoisotopic (exact) mass is 225 g/mol. The van der Waals surface area contributed by atoms with Crippen LogP contribution in [0, 0.1) is 0 Å². The molecule has 1 aromatic carbocycles. The molecule has 82 valence electrons. The van der Waals surface area contributed by atoms with Gasteiger partial charge in [0.15, 0.2) is 5.78 Å². The van der Waals surface area contributed by atoms with Crippen molar-refractivity contribution in [1.82, 2.24) is 0 Å². The third-order valence-corrected chi connectivity index (χ3v) is 2.49. The highest BCUT2D eigenvalue weighted by atomic mass is 35.5. The second-order valence-corrected chi connectivity index (χ2v) is 4.12. The minimum absolute atomic E-state index is 0.0403. The number of hydrogen-bond donors (Lipinski definition) is 1. The minimum Gasteiger partial charge on any atom is -0.327 e. The largest absolute Gasteiger partial charge is 0.327 e. The van der Waals surface area contributed by atoms with Gasteiger partial charge < -0.3 is 5.73 Å². The molecule has 1 unspecified atom stereocenters. The zero-order valence-electron chi connectivity index (χ0n) is 8.87. The Hall–Kier alpha value is -0.860. The zero-order valence-corrected chi connectivity index (χ0v) is 9.63. The summed E-state index contributed by atoms with van der Waals surface area (Å²) in [7, 11) is 0. The van der Waals surface area contributed by atoms with Crippen molar-refractivity contribution in [3.05, 3.63) is 34.9 Å². The standard InChI is InChI=1S/C12H16ClNO/c1-2-4-11(14)8-12(15)9-5-3-6-10(13)7-9/h3,5-7,11H,2,4,8,14H2,1H3. The molecule has 2 N–H and O–H groups in total. The molecule has 0 aliphatic carbocycles. The van der Waals surface area contributed by atoms with E-state index in [1.54, 1.807) is 24.3 Å². The summed E-state index contributed by atoms with van der Waals surface area (Å²) in [6.07, 6.45) is 2.28. The van der Waals surface area contributed by atoms with E-state index in [4.69, 9.17) is 17.3 Å². The van der Waals surface area contributed by atoms with Crippen LogP contribution in [0.25, 0.3) is 0 Å². The van der Waals surface area contributed by atoms with Crippen LogP contribution in [-0.4, -0.2) is 11.8 Å². The van der Waals surface area contributed by atoms with Gasteiger partial charge in [-0.05, 0) is 18.6 Å². The van der Waals surface area contributed by atoms with Crippen molar-refractivity contribution in [2.45, 2.75) is 32.2 Å². The first kappa shape index (κ1) is 12.2. The minimum atomic E-state index is -0.0403. The maximum atomic E-state index is 11.7. The van der Waals surface area contributed by atoms with Crippen molar-refractivity contribution in [2.24, 2.45) is 5.73 Å². The molecule has 0 saturated carbocycles. The van der Waals surface area contributed by atoms with Crippen molar-refractivity contribution in [1.29, 1.82) is 0 Å². The van der Waals surface area contributed by atoms with Gasteiger partial charge in [-0.25, -0.2) is 0 Å². The lowest BCUT2D eigenvalue weighted by Crippen LogP contribution is -2.23. The molecule has 15 heavy (non-hydrogen) atoms. The Kier molecular flexibility index (Phi) is 4.79. The van der Waals surface area contributed by atoms with Crippen molar-refractivity contribution < 1.29 is 4.79 Å². The summed E-state index contributed by atoms with van der Waals surface area (Å²) in [5, 5.41) is 0.588. The van der Waals surface area contributed by atoms with Gasteiger partial charge in [0.25, 0.3) is 0 Å². The fourth-order valence-corrected chi connectivity index (χ4v) is 1.68. The van der Waals surface area contributed by atoms with E-state index in [-0.39, 0.29) is 11.8 Å². The number of ketones is 1. The highest BCUT2D eigenvalue weighted by Crippen LogP contribution is 2.13. The Morgan fingerprint density at radius 3 is 2.87 bits per heavy atom. The first-order valence-electron chi connectivity index (χ1n) is 5.17. The molecule has 3 heteroatoms. The van der Waals surface area contributed by atoms with Crippen LogP contribution in [0.1, 0.15) is 36.5 Å². The predicted molar refractivity (Wildman–Crippen MR) is 63.3 cm³/mol. The third-order valence-electron chi connectivity index (χ3n) is 2.25. The maximum absolute atomic E-state index is 11.7. The average Bonchev–Trinajstić information content (AvgIpc) is 2.18. The van der Waals surface area contributed by atoms with Gasteiger partial charge in [0.1, 0.15) is 0 Å². The highest BCUT2D eigenvalue weighted by molar-refractivity contribution is 6.31. The quantitative estimate of drug-likeness (QED) is 0.783. The summed E-state index contributed by atoms with van der Waals surface area (Å²) in [5.74, 6) is 0.0680. The molecule has 1 atom stereocenters. The summed E-state index contributed by atoms with van der Waals surface area (Å²) in [5.41, 5.74) is 6.45. The van der Waals surface area contributed by atoms with Gasteiger partial charge in [0.2, 0.25) is 0 Å². The molecule has 0 aromatic heterocycles. The van der Waals surface area contributed by atoms with Gasteiger partial charge in [-0.2, -0.15) is 0 Å². The Bertz CT molecular complexity index is 338. The topological polar surface area (TPSA) is 43.1 Å². The van der Waals surface area contributed by atoms with E-state index in [9.17, 15) is 4.79 Å². The SMILES string of the molecule is CCCC(N)CC(=O)c1cccc(Cl)c1. The van der Waals surface area contributed by atoms with Crippen LogP contribution in [-0.2, 0) is 0 Å². The van der Waals surface area contributed by atoms with Crippen molar-refractivity contribution in [3.63, 3.8) is 0 Å². The van der Waals surface area contributed by atoms with Crippen LogP contribution in [0.2, 0.25) is 5.02 Å². The highest BCUT2D eigenvalue weighted by Gasteiger charge is 2.10. The summed E-state index contributed by atoms with van der Waals surface area (Å²) in [4.78, 5) is 11.7. The molecule has 0 radical (unpaired) electrons. The first-order chi connectivity index (χ1) is 7.13. The van der Waals surface area contributed by atoms with Crippen LogP contribution in [0.5, 0.6) is 0 Å². The van der Waals surface area contributed by atoms with Crippen LogP contribution in [0.15, 0.2) is 24.3 Å². The molecule has 0 amide bonds. The number of carbonyl (C=O) groups is 1. The second-order valence-electron chi connectivity index (χ2n) is 3.69. The van der Waals surface area contributed by atoms with Gasteiger partial charge in [0, 0.05) is 23.0 Å². The van der Waals surface area contributed by atoms with E-state index in [0.29, 0.717) is 17.0 Å². The number of hydrogen-bond acceptors (Lipinski definition) is 2. The maximum Gasteiger partial charge on any atom is 0.164 e. The third kappa shape index (κ3) is 4.02. The van der Waals surface area contributed by atoms with Gasteiger partial charge >= 0.3 is 0 Å². The van der Waals surface area contributed by atoms with E-state index in [2.05, 4.69) is 6.92 Å². The Morgan fingerprint density at radius 1 is 1.53 bits per heavy atom. The van der Waals surface area contributed by atoms with Gasteiger partial charge in [-0.15, -0.1) is 0 Å². The van der Waals surface area contributed by atoms with Gasteiger partial charge in [-0.3, -0.25) is 4.79 Å². The normalized spacial score (nSPS) is 12.5. The molecule has 0 fully saturated rings. The molecule has 0 spiro atoms. The van der Waals surface area contributed by atoms with Crippen LogP contribution >= 0.6 is 11.6 Å². The van der Waals surface area contributed by atoms with Crippen molar-refractivity contribution in [3.8, 4) is 0 Å². The molecular formula is C12H16ClNO. The molecule has 2 nitrogen and oxygen atoms in total. The molecule has 0 saturated heterocycles. The van der Waals surface area contributed by atoms with E-state index >= 15 is 0 Å². The first-order valence-corrected chi connectivity index (χ1v) is 5.55. The van der Waals surface area contributed by atoms with E-state index in [0.717, 1.165) is 12.8 Å². The van der Waals surface area contributed by atoms with Crippen LogP contribution in [0.4, 0.5) is 0 Å². The molecule has 1 rings (SSSR count). The Labute approximate surface area is 95.4 Å². The van der Waals surface area contributed by atoms with E-state index in [1.165, 1.54) is 0 Å². The Balaban J connectivity index is 2.61. The van der Waals surface area contributed by atoms with Crippen molar-refractivity contribution >= 4 is 17.4 Å². The number of halogens is 1. The molecule has 0 bridgehead atoms. The fourth-order valence-electron chi connectivity index (χ4n) is 1.49. The van der Waals surface area contributed by atoms with E-state index < -0.39 is 0 Å². The van der Waals surface area contributed by atoms with Gasteiger partial charge in [-0.1, -0.05) is 37.1 Å². The summed E-state index contributed by atoms with van der Waals surface area (Å²) in [6, 6.07) is 6.95. The zero-order chi connectivity index (χ0) is 11.3. The molecule has 1 aromatic rings. The Morgan fingerprint density at radius 2 is 2.27 bits per heavy atom. The lowest BCUT2D eigenvalue weighted by atomic mass is 10.0. The second kappa shape index (κ2) is 5.89. The number of Topliss-reactive ketones (excluding diaryl/α,β-unsaturated/α-hetero) is 1. The number of rotatable bonds is 5. The van der Waals surface area contributed by atoms with Crippen molar-refractivity contribution in [2.75, 3.05) is 0 Å². The summed E-state index contributed by atoms with van der Waals surface area (Å²) >= 11 is 5.80. The number of benzene rings is 1. The summed E-state index contributed by atoms with van der Waals surface area (Å²) < 4.78 is 0. The van der Waals surface area contributed by atoms with Crippen LogP contribution < -0.4 is 5.73 Å². The molecule has 0 aliphatic heterocycles. The van der Waals surface area contributed by atoms with Crippen LogP contribution in [0.3, 0.4) is 0 Å². The summed E-state index contributed by atoms with van der Waals surface area (Å²) in [6.45, 7) is 2.06. The molecule has 0 heterocycles. The van der Waals surface area contributed by atoms with E-state index in [1.807, 2.05) is 0 Å². The predicted octanol–water partition coefficient (Wildman–Crippen LogP) is 3.04. The number of nitrogens with two attached hydrogens (primary N) is 1.